The first kappa shape index (κ1) is 32.0. The number of aromatic carboxylic acids is 1. The Labute approximate surface area is 279 Å². The van der Waals surface area contributed by atoms with Crippen LogP contribution in [0.4, 0.5) is 5.69 Å². The first-order valence-corrected chi connectivity index (χ1v) is 17.3. The van der Waals surface area contributed by atoms with E-state index in [1.165, 1.54) is 16.4 Å². The van der Waals surface area contributed by atoms with Crippen molar-refractivity contribution in [3.05, 3.63) is 143 Å². The predicted octanol–water partition coefficient (Wildman–Crippen LogP) is 9.09. The molecule has 0 radical (unpaired) electrons. The Kier molecular flexibility index (Phi) is 9.16. The fourth-order valence-corrected chi connectivity index (χ4v) is 7.49. The molecular formula is C38H34ClN3O4S. The first-order valence-electron chi connectivity index (χ1n) is 15.5. The fourth-order valence-electron chi connectivity index (χ4n) is 5.91. The SMILES string of the molecule is CCCCc1nc2ccc(N(Cc3ccccc3)S(=O)(=O)c3ccc(Cl)cc3)cc2n1-c1ccc(-c2ccccc2)c(C(=O)O)c1C. The number of hydrogen-bond donors (Lipinski definition) is 1. The topological polar surface area (TPSA) is 92.5 Å². The molecule has 1 aromatic heterocycles. The zero-order chi connectivity index (χ0) is 33.1. The summed E-state index contributed by atoms with van der Waals surface area (Å²) in [6.07, 6.45) is 2.50. The molecule has 0 fully saturated rings. The van der Waals surface area contributed by atoms with E-state index >= 15 is 0 Å². The Hall–Kier alpha value is -4.92. The lowest BCUT2D eigenvalue weighted by molar-refractivity contribution is 0.0697. The number of aryl methyl sites for hydroxylation is 1. The van der Waals surface area contributed by atoms with Gasteiger partial charge < -0.3 is 5.11 Å². The van der Waals surface area contributed by atoms with Crippen molar-refractivity contribution in [3.8, 4) is 16.8 Å². The Balaban J connectivity index is 1.57. The van der Waals surface area contributed by atoms with E-state index in [2.05, 4.69) is 6.92 Å². The molecular weight excluding hydrogens is 630 g/mol. The van der Waals surface area contributed by atoms with Gasteiger partial charge in [0.05, 0.1) is 39.4 Å². The van der Waals surface area contributed by atoms with Crippen LogP contribution in [0.15, 0.2) is 120 Å². The second-order valence-electron chi connectivity index (χ2n) is 11.4. The number of aromatic nitrogens is 2. The number of anilines is 1. The Morgan fingerprint density at radius 3 is 2.23 bits per heavy atom. The number of carboxylic acids is 1. The lowest BCUT2D eigenvalue weighted by Gasteiger charge is -2.25. The van der Waals surface area contributed by atoms with Gasteiger partial charge in [0.1, 0.15) is 5.82 Å². The maximum absolute atomic E-state index is 14.2. The number of imidazole rings is 1. The zero-order valence-electron chi connectivity index (χ0n) is 26.1. The molecule has 6 aromatic rings. The number of hydrogen-bond acceptors (Lipinski definition) is 4. The third-order valence-electron chi connectivity index (χ3n) is 8.30. The van der Waals surface area contributed by atoms with Crippen molar-refractivity contribution < 1.29 is 18.3 Å². The molecule has 9 heteroatoms. The number of benzene rings is 5. The molecule has 0 bridgehead atoms. The van der Waals surface area contributed by atoms with Crippen molar-refractivity contribution in [2.75, 3.05) is 4.31 Å². The minimum atomic E-state index is -4.02. The molecule has 0 aliphatic carbocycles. The van der Waals surface area contributed by atoms with Gasteiger partial charge >= 0.3 is 5.97 Å². The summed E-state index contributed by atoms with van der Waals surface area (Å²) in [5, 5.41) is 10.9. The molecule has 0 aliphatic rings. The van der Waals surface area contributed by atoms with Gasteiger partial charge in [-0.15, -0.1) is 0 Å². The maximum atomic E-state index is 14.2. The smallest absolute Gasteiger partial charge is 0.336 e. The van der Waals surface area contributed by atoms with Gasteiger partial charge in [0, 0.05) is 11.4 Å². The van der Waals surface area contributed by atoms with Gasteiger partial charge in [0.2, 0.25) is 0 Å². The molecule has 0 unspecified atom stereocenters. The van der Waals surface area contributed by atoms with Gasteiger partial charge in [0.25, 0.3) is 10.0 Å². The lowest BCUT2D eigenvalue weighted by Crippen LogP contribution is -2.30. The predicted molar refractivity (Wildman–Crippen MR) is 188 cm³/mol. The Morgan fingerprint density at radius 2 is 1.57 bits per heavy atom. The van der Waals surface area contributed by atoms with E-state index in [1.807, 2.05) is 96.4 Å². The van der Waals surface area contributed by atoms with E-state index in [0.29, 0.717) is 45.0 Å². The summed E-state index contributed by atoms with van der Waals surface area (Å²) in [7, 11) is -4.02. The van der Waals surface area contributed by atoms with Crippen LogP contribution in [0.3, 0.4) is 0 Å². The highest BCUT2D eigenvalue weighted by Crippen LogP contribution is 2.35. The second kappa shape index (κ2) is 13.4. The third-order valence-corrected chi connectivity index (χ3v) is 10.3. The Bertz CT molecular complexity index is 2160. The molecule has 7 nitrogen and oxygen atoms in total. The second-order valence-corrected chi connectivity index (χ2v) is 13.7. The normalized spacial score (nSPS) is 11.6. The highest BCUT2D eigenvalue weighted by atomic mass is 35.5. The van der Waals surface area contributed by atoms with Crippen molar-refractivity contribution in [1.82, 2.24) is 9.55 Å². The largest absolute Gasteiger partial charge is 0.478 e. The summed E-state index contributed by atoms with van der Waals surface area (Å²) in [6.45, 7) is 4.02. The standard InChI is InChI=1S/C38H34ClN3O4S/c1-3-4-15-36-40-33-22-18-30(41(25-27-11-7-5-8-12-27)47(45,46)31-19-16-29(39)17-20-31)24-35(33)42(36)34-23-21-32(28-13-9-6-10-14-28)37(26(34)2)38(43)44/h5-14,16-24H,3-4,15,25H2,1-2H3,(H,43,44). The van der Waals surface area contributed by atoms with E-state index in [9.17, 15) is 18.3 Å². The molecule has 47 heavy (non-hydrogen) atoms. The van der Waals surface area contributed by atoms with Crippen molar-refractivity contribution in [2.45, 2.75) is 44.6 Å². The molecule has 0 saturated heterocycles. The summed E-state index contributed by atoms with van der Waals surface area (Å²) < 4.78 is 31.8. The van der Waals surface area contributed by atoms with Crippen LogP contribution in [-0.2, 0) is 23.0 Å². The molecule has 6 rings (SSSR count). The summed E-state index contributed by atoms with van der Waals surface area (Å²) in [5.74, 6) is -0.243. The third kappa shape index (κ3) is 6.39. The maximum Gasteiger partial charge on any atom is 0.336 e. The number of unbranched alkanes of at least 4 members (excludes halogenated alkanes) is 1. The van der Waals surface area contributed by atoms with E-state index in [0.717, 1.165) is 29.8 Å². The fraction of sp³-hybridized carbons (Fsp3) is 0.158. The average Bonchev–Trinajstić information content (AvgIpc) is 3.44. The number of fused-ring (bicyclic) bond motifs is 1. The van der Waals surface area contributed by atoms with Crippen molar-refractivity contribution in [3.63, 3.8) is 0 Å². The number of carbonyl (C=O) groups is 1. The van der Waals surface area contributed by atoms with Crippen LogP contribution >= 0.6 is 11.6 Å². The number of nitrogens with zero attached hydrogens (tertiary/aromatic N) is 3. The lowest BCUT2D eigenvalue weighted by atomic mass is 9.94. The number of sulfonamides is 1. The number of halogens is 1. The van der Waals surface area contributed by atoms with E-state index in [4.69, 9.17) is 16.6 Å². The average molecular weight is 664 g/mol. The van der Waals surface area contributed by atoms with Crippen molar-refractivity contribution in [1.29, 1.82) is 0 Å². The van der Waals surface area contributed by atoms with Crippen LogP contribution in [0.5, 0.6) is 0 Å². The van der Waals surface area contributed by atoms with Crippen LogP contribution in [0.2, 0.25) is 5.02 Å². The van der Waals surface area contributed by atoms with E-state index < -0.39 is 16.0 Å². The van der Waals surface area contributed by atoms with Gasteiger partial charge in [-0.05, 0) is 84.1 Å². The summed E-state index contributed by atoms with van der Waals surface area (Å²) in [4.78, 5) is 17.8. The summed E-state index contributed by atoms with van der Waals surface area (Å²) >= 11 is 6.10. The van der Waals surface area contributed by atoms with Crippen molar-refractivity contribution >= 4 is 44.3 Å². The van der Waals surface area contributed by atoms with Crippen molar-refractivity contribution in [2.24, 2.45) is 0 Å². The van der Waals surface area contributed by atoms with Gasteiger partial charge in [-0.25, -0.2) is 18.2 Å². The van der Waals surface area contributed by atoms with Crippen LogP contribution < -0.4 is 4.31 Å². The molecule has 1 heterocycles. The molecule has 0 atom stereocenters. The minimum absolute atomic E-state index is 0.0993. The zero-order valence-corrected chi connectivity index (χ0v) is 27.7. The van der Waals surface area contributed by atoms with Gasteiger partial charge in [0.15, 0.2) is 0 Å². The highest BCUT2D eigenvalue weighted by molar-refractivity contribution is 7.92. The molecule has 5 aromatic carbocycles. The molecule has 238 valence electrons. The summed E-state index contributed by atoms with van der Waals surface area (Å²) in [6, 6.07) is 34.2. The minimum Gasteiger partial charge on any atom is -0.478 e. The monoisotopic (exact) mass is 663 g/mol. The molecule has 0 aliphatic heterocycles. The first-order chi connectivity index (χ1) is 22.7. The Morgan fingerprint density at radius 1 is 0.894 bits per heavy atom. The number of carboxylic acid groups (broad SMARTS) is 1. The van der Waals surface area contributed by atoms with Crippen LogP contribution in [0.1, 0.15) is 47.1 Å². The number of rotatable bonds is 11. The molecule has 0 spiro atoms. The molecule has 0 saturated carbocycles. The van der Waals surface area contributed by atoms with Crippen LogP contribution in [0, 0.1) is 6.92 Å². The van der Waals surface area contributed by atoms with Crippen LogP contribution in [0.25, 0.3) is 27.8 Å². The van der Waals surface area contributed by atoms with Gasteiger partial charge in [-0.2, -0.15) is 0 Å². The van der Waals surface area contributed by atoms with E-state index in [-0.39, 0.29) is 17.0 Å². The summed E-state index contributed by atoms with van der Waals surface area (Å²) in [5.41, 5.74) is 5.58. The molecule has 0 amide bonds. The van der Waals surface area contributed by atoms with Gasteiger partial charge in [-0.3, -0.25) is 8.87 Å². The highest BCUT2D eigenvalue weighted by Gasteiger charge is 2.27. The van der Waals surface area contributed by atoms with Gasteiger partial charge in [-0.1, -0.05) is 91.7 Å². The van der Waals surface area contributed by atoms with E-state index in [1.54, 1.807) is 18.2 Å². The molecule has 1 N–H and O–H groups in total. The quantitative estimate of drug-likeness (QED) is 0.149. The van der Waals surface area contributed by atoms with Crippen LogP contribution in [-0.4, -0.2) is 29.0 Å².